The topological polar surface area (TPSA) is 76.4 Å². The van der Waals surface area contributed by atoms with Crippen LogP contribution in [-0.4, -0.2) is 17.1 Å². The zero-order valence-corrected chi connectivity index (χ0v) is 14.5. The number of nitrogens with zero attached hydrogens (tertiary/aromatic N) is 1. The lowest BCUT2D eigenvalue weighted by Gasteiger charge is -2.18. The predicted octanol–water partition coefficient (Wildman–Crippen LogP) is 3.96. The maximum absolute atomic E-state index is 10.8. The monoisotopic (exact) mass is 345 g/mol. The molecule has 126 valence electrons. The molecular formula is C17H19N3O3S. The highest BCUT2D eigenvalue weighted by Crippen LogP contribution is 2.29. The van der Waals surface area contributed by atoms with Crippen molar-refractivity contribution in [2.45, 2.75) is 19.9 Å². The van der Waals surface area contributed by atoms with Crippen LogP contribution in [0.3, 0.4) is 0 Å². The minimum absolute atomic E-state index is 0.0228. The van der Waals surface area contributed by atoms with Crippen molar-refractivity contribution in [2.75, 3.05) is 12.4 Å². The number of nitro groups is 1. The first-order valence-electron chi connectivity index (χ1n) is 7.37. The second kappa shape index (κ2) is 7.74. The molecule has 0 spiro atoms. The molecule has 0 radical (unpaired) electrons. The fourth-order valence-corrected chi connectivity index (χ4v) is 2.48. The first-order chi connectivity index (χ1) is 11.4. The Kier molecular flexibility index (Phi) is 5.70. The molecule has 0 unspecified atom stereocenters. The van der Waals surface area contributed by atoms with Crippen LogP contribution in [0.1, 0.15) is 24.1 Å². The molecule has 0 aromatic heterocycles. The molecule has 2 aromatic carbocycles. The molecule has 0 saturated carbocycles. The molecule has 2 rings (SSSR count). The van der Waals surface area contributed by atoms with Crippen molar-refractivity contribution >= 4 is 28.7 Å². The van der Waals surface area contributed by atoms with E-state index in [2.05, 4.69) is 10.6 Å². The van der Waals surface area contributed by atoms with Crippen molar-refractivity contribution in [1.82, 2.24) is 5.32 Å². The van der Waals surface area contributed by atoms with Gasteiger partial charge in [-0.1, -0.05) is 29.8 Å². The lowest BCUT2D eigenvalue weighted by Crippen LogP contribution is -2.31. The number of methoxy groups -OCH3 is 1. The second-order valence-corrected chi connectivity index (χ2v) is 5.78. The van der Waals surface area contributed by atoms with Gasteiger partial charge in [0.25, 0.3) is 5.69 Å². The molecule has 0 amide bonds. The Morgan fingerprint density at radius 1 is 1.25 bits per heavy atom. The third-order valence-corrected chi connectivity index (χ3v) is 3.79. The number of nitrogens with one attached hydrogen (secondary N) is 2. The Hall–Kier alpha value is -2.67. The first kappa shape index (κ1) is 17.7. The number of benzene rings is 2. The Morgan fingerprint density at radius 2 is 1.92 bits per heavy atom. The largest absolute Gasteiger partial charge is 0.494 e. The van der Waals surface area contributed by atoms with E-state index in [9.17, 15) is 10.1 Å². The van der Waals surface area contributed by atoms with Gasteiger partial charge in [0.15, 0.2) is 5.11 Å². The quantitative estimate of drug-likeness (QED) is 0.485. The fourth-order valence-electron chi connectivity index (χ4n) is 2.19. The van der Waals surface area contributed by atoms with Crippen molar-refractivity contribution in [3.8, 4) is 5.75 Å². The van der Waals surface area contributed by atoms with Crippen LogP contribution in [0.25, 0.3) is 0 Å². The Balaban J connectivity index is 2.06. The van der Waals surface area contributed by atoms with Crippen molar-refractivity contribution in [1.29, 1.82) is 0 Å². The summed E-state index contributed by atoms with van der Waals surface area (Å²) in [6, 6.07) is 12.5. The zero-order valence-electron chi connectivity index (χ0n) is 13.7. The van der Waals surface area contributed by atoms with Gasteiger partial charge < -0.3 is 15.4 Å². The van der Waals surface area contributed by atoms with Crippen LogP contribution in [0.15, 0.2) is 42.5 Å². The molecule has 0 aliphatic carbocycles. The van der Waals surface area contributed by atoms with E-state index >= 15 is 0 Å². The number of ether oxygens (including phenoxy) is 1. The molecule has 0 heterocycles. The third-order valence-electron chi connectivity index (χ3n) is 3.57. The molecule has 0 aliphatic heterocycles. The number of anilines is 1. The average Bonchev–Trinajstić information content (AvgIpc) is 2.55. The summed E-state index contributed by atoms with van der Waals surface area (Å²) in [5.74, 6) is 0.358. The number of hydrogen-bond donors (Lipinski definition) is 2. The van der Waals surface area contributed by atoms with E-state index in [1.165, 1.54) is 24.8 Å². The van der Waals surface area contributed by atoms with Crippen LogP contribution in [0.4, 0.5) is 11.4 Å². The van der Waals surface area contributed by atoms with Crippen LogP contribution >= 0.6 is 12.2 Å². The molecule has 0 aliphatic rings. The van der Waals surface area contributed by atoms with Gasteiger partial charge in [-0.3, -0.25) is 10.1 Å². The van der Waals surface area contributed by atoms with Gasteiger partial charge in [-0.2, -0.15) is 0 Å². The SMILES string of the molecule is COc1cc([N+](=O)[O-])ccc1NC(=S)N[C@H](C)c1ccc(C)cc1. The van der Waals surface area contributed by atoms with Crippen LogP contribution in [0, 0.1) is 17.0 Å². The van der Waals surface area contributed by atoms with E-state index in [1.807, 2.05) is 38.1 Å². The molecule has 6 nitrogen and oxygen atoms in total. The second-order valence-electron chi connectivity index (χ2n) is 5.37. The number of aryl methyl sites for hydroxylation is 1. The number of hydrogen-bond acceptors (Lipinski definition) is 4. The minimum Gasteiger partial charge on any atom is -0.494 e. The van der Waals surface area contributed by atoms with Crippen molar-refractivity contribution in [3.05, 3.63) is 63.7 Å². The van der Waals surface area contributed by atoms with E-state index in [0.29, 0.717) is 16.5 Å². The maximum Gasteiger partial charge on any atom is 0.273 e. The summed E-state index contributed by atoms with van der Waals surface area (Å²) < 4.78 is 5.19. The Morgan fingerprint density at radius 3 is 2.50 bits per heavy atom. The summed E-state index contributed by atoms with van der Waals surface area (Å²) in [6.07, 6.45) is 0. The molecule has 0 fully saturated rings. The molecule has 24 heavy (non-hydrogen) atoms. The highest BCUT2D eigenvalue weighted by molar-refractivity contribution is 7.80. The summed E-state index contributed by atoms with van der Waals surface area (Å²) in [5.41, 5.74) is 2.84. The molecule has 0 saturated heterocycles. The minimum atomic E-state index is -0.470. The van der Waals surface area contributed by atoms with E-state index in [4.69, 9.17) is 17.0 Å². The van der Waals surface area contributed by atoms with Crippen LogP contribution < -0.4 is 15.4 Å². The summed E-state index contributed by atoms with van der Waals surface area (Å²) >= 11 is 5.32. The normalized spacial score (nSPS) is 11.5. The van der Waals surface area contributed by atoms with Crippen molar-refractivity contribution in [2.24, 2.45) is 0 Å². The van der Waals surface area contributed by atoms with Gasteiger partial charge in [0.05, 0.1) is 29.8 Å². The van der Waals surface area contributed by atoms with Gasteiger partial charge in [-0.25, -0.2) is 0 Å². The molecule has 2 aromatic rings. The van der Waals surface area contributed by atoms with E-state index < -0.39 is 4.92 Å². The fraction of sp³-hybridized carbons (Fsp3) is 0.235. The van der Waals surface area contributed by atoms with Gasteiger partial charge in [0.1, 0.15) is 5.75 Å². The summed E-state index contributed by atoms with van der Waals surface area (Å²) in [4.78, 5) is 10.4. The number of thiocarbonyl (C=S) groups is 1. The van der Waals surface area contributed by atoms with Gasteiger partial charge in [0, 0.05) is 6.07 Å². The van der Waals surface area contributed by atoms with Gasteiger partial charge in [-0.05, 0) is 37.7 Å². The number of nitro benzene ring substituents is 1. The summed E-state index contributed by atoms with van der Waals surface area (Å²) in [7, 11) is 1.45. The zero-order chi connectivity index (χ0) is 17.7. The molecular weight excluding hydrogens is 326 g/mol. The number of non-ortho nitro benzene ring substituents is 1. The van der Waals surface area contributed by atoms with Crippen LogP contribution in [-0.2, 0) is 0 Å². The average molecular weight is 345 g/mol. The van der Waals surface area contributed by atoms with Crippen molar-refractivity contribution < 1.29 is 9.66 Å². The Bertz CT molecular complexity index is 747. The first-order valence-corrected chi connectivity index (χ1v) is 7.78. The van der Waals surface area contributed by atoms with Gasteiger partial charge in [-0.15, -0.1) is 0 Å². The summed E-state index contributed by atoms with van der Waals surface area (Å²) in [6.45, 7) is 4.04. The molecule has 1 atom stereocenters. The third kappa shape index (κ3) is 4.42. The maximum atomic E-state index is 10.8. The highest BCUT2D eigenvalue weighted by atomic mass is 32.1. The van der Waals surface area contributed by atoms with Crippen molar-refractivity contribution in [3.63, 3.8) is 0 Å². The highest BCUT2D eigenvalue weighted by Gasteiger charge is 2.13. The molecule has 0 bridgehead atoms. The molecule has 2 N–H and O–H groups in total. The smallest absolute Gasteiger partial charge is 0.273 e. The lowest BCUT2D eigenvalue weighted by atomic mass is 10.1. The summed E-state index contributed by atoms with van der Waals surface area (Å²) in [5, 5.41) is 17.4. The van der Waals surface area contributed by atoms with E-state index in [0.717, 1.165) is 5.56 Å². The predicted molar refractivity (Wildman–Crippen MR) is 98.6 cm³/mol. The van der Waals surface area contributed by atoms with E-state index in [1.54, 1.807) is 6.07 Å². The van der Waals surface area contributed by atoms with Crippen LogP contribution in [0.5, 0.6) is 5.75 Å². The standard InChI is InChI=1S/C17H19N3O3S/c1-11-4-6-13(7-5-11)12(2)18-17(24)19-15-9-8-14(20(21)22)10-16(15)23-3/h4-10,12H,1-3H3,(H2,18,19,24)/t12-/m1/s1. The van der Waals surface area contributed by atoms with Gasteiger partial charge in [0.2, 0.25) is 0 Å². The Labute approximate surface area is 146 Å². The van der Waals surface area contributed by atoms with Gasteiger partial charge >= 0.3 is 0 Å². The van der Waals surface area contributed by atoms with E-state index in [-0.39, 0.29) is 11.7 Å². The molecule has 7 heteroatoms. The van der Waals surface area contributed by atoms with Crippen LogP contribution in [0.2, 0.25) is 0 Å². The lowest BCUT2D eigenvalue weighted by molar-refractivity contribution is -0.384. The number of rotatable bonds is 5.